The molecule has 1 N–H and O–H groups in total. The zero-order chi connectivity index (χ0) is 9.30. The second-order valence-corrected chi connectivity index (χ2v) is 4.24. The van der Waals surface area contributed by atoms with Crippen LogP contribution in [0.15, 0.2) is 16.6 Å². The first-order chi connectivity index (χ1) is 5.54. The lowest BCUT2D eigenvalue weighted by Gasteiger charge is -2.04. The number of benzene rings is 1. The number of hydrogen-bond acceptors (Lipinski definition) is 2. The molecule has 0 bridgehead atoms. The highest BCUT2D eigenvalue weighted by atomic mass is 127. The zero-order valence-electron chi connectivity index (χ0n) is 6.27. The van der Waals surface area contributed by atoms with Gasteiger partial charge in [0.2, 0.25) is 0 Å². The Balaban J connectivity index is 3.43. The fourth-order valence-electron chi connectivity index (χ4n) is 0.875. The van der Waals surface area contributed by atoms with E-state index >= 15 is 0 Å². The second-order valence-electron chi connectivity index (χ2n) is 2.31. The molecule has 0 atom stereocenters. The van der Waals surface area contributed by atoms with E-state index in [4.69, 9.17) is 0 Å². The quantitative estimate of drug-likeness (QED) is 0.630. The largest absolute Gasteiger partial charge is 0.507 e. The molecule has 1 aromatic carbocycles. The number of carbonyl (C=O) groups is 1. The van der Waals surface area contributed by atoms with Crippen molar-refractivity contribution in [2.45, 2.75) is 6.92 Å². The minimum Gasteiger partial charge on any atom is -0.507 e. The standard InChI is InChI=1S/C8H6BrIO2/c1-4(11)7-6(12)3-2-5(9)8(7)10/h2-3,12H,1H3. The van der Waals surface area contributed by atoms with Gasteiger partial charge in [-0.1, -0.05) is 0 Å². The average molecular weight is 341 g/mol. The summed E-state index contributed by atoms with van der Waals surface area (Å²) >= 11 is 5.30. The van der Waals surface area contributed by atoms with Gasteiger partial charge in [0.05, 0.1) is 5.56 Å². The first kappa shape index (κ1) is 9.98. The molecule has 0 saturated carbocycles. The van der Waals surface area contributed by atoms with Crippen LogP contribution in [-0.4, -0.2) is 10.9 Å². The summed E-state index contributed by atoms with van der Waals surface area (Å²) < 4.78 is 1.58. The van der Waals surface area contributed by atoms with Crippen LogP contribution in [0.3, 0.4) is 0 Å². The molecule has 4 heteroatoms. The zero-order valence-corrected chi connectivity index (χ0v) is 10.0. The summed E-state index contributed by atoms with van der Waals surface area (Å²) in [5, 5.41) is 9.34. The van der Waals surface area contributed by atoms with E-state index in [1.54, 1.807) is 6.07 Å². The molecule has 64 valence electrons. The lowest BCUT2D eigenvalue weighted by Crippen LogP contribution is -1.97. The van der Waals surface area contributed by atoms with Crippen LogP contribution in [0.25, 0.3) is 0 Å². The van der Waals surface area contributed by atoms with Crippen LogP contribution in [0.4, 0.5) is 0 Å². The summed E-state index contributed by atoms with van der Waals surface area (Å²) in [6.45, 7) is 1.43. The molecule has 0 heterocycles. The third kappa shape index (κ3) is 1.80. The van der Waals surface area contributed by atoms with Crippen molar-refractivity contribution in [3.63, 3.8) is 0 Å². The van der Waals surface area contributed by atoms with Crippen molar-refractivity contribution < 1.29 is 9.90 Å². The Morgan fingerprint density at radius 2 is 2.17 bits per heavy atom. The third-order valence-corrected chi connectivity index (χ3v) is 3.95. The number of rotatable bonds is 1. The summed E-state index contributed by atoms with van der Waals surface area (Å²) in [5.41, 5.74) is 0.380. The molecule has 1 aromatic rings. The Labute approximate surface area is 92.2 Å². The SMILES string of the molecule is CC(=O)c1c(O)ccc(Br)c1I. The van der Waals surface area contributed by atoms with Crippen molar-refractivity contribution in [2.75, 3.05) is 0 Å². The lowest BCUT2D eigenvalue weighted by atomic mass is 10.1. The number of ketones is 1. The third-order valence-electron chi connectivity index (χ3n) is 1.42. The maximum absolute atomic E-state index is 11.1. The Morgan fingerprint density at radius 1 is 1.58 bits per heavy atom. The van der Waals surface area contributed by atoms with Gasteiger partial charge >= 0.3 is 0 Å². The predicted molar refractivity (Wildman–Crippen MR) is 58.5 cm³/mol. The van der Waals surface area contributed by atoms with Crippen LogP contribution >= 0.6 is 38.5 Å². The first-order valence-electron chi connectivity index (χ1n) is 3.22. The summed E-state index contributed by atoms with van der Waals surface area (Å²) in [4.78, 5) is 11.1. The number of Topliss-reactive ketones (excluding diaryl/α,β-unsaturated/α-hetero) is 1. The molecule has 0 fully saturated rings. The first-order valence-corrected chi connectivity index (χ1v) is 5.09. The van der Waals surface area contributed by atoms with E-state index < -0.39 is 0 Å². The summed E-state index contributed by atoms with van der Waals surface area (Å²) in [7, 11) is 0. The Bertz CT molecular complexity index is 336. The number of halogens is 2. The van der Waals surface area contributed by atoms with Crippen LogP contribution in [-0.2, 0) is 0 Å². The van der Waals surface area contributed by atoms with Crippen LogP contribution in [0.2, 0.25) is 0 Å². The van der Waals surface area contributed by atoms with Crippen molar-refractivity contribution in [1.82, 2.24) is 0 Å². The van der Waals surface area contributed by atoms with Gasteiger partial charge in [0.25, 0.3) is 0 Å². The summed E-state index contributed by atoms with van der Waals surface area (Å²) in [6.07, 6.45) is 0. The Hall–Kier alpha value is -0.100. The fourth-order valence-corrected chi connectivity index (χ4v) is 2.04. The van der Waals surface area contributed by atoms with Gasteiger partial charge in [-0.3, -0.25) is 4.79 Å². The minimum absolute atomic E-state index is 0.0371. The highest BCUT2D eigenvalue weighted by Crippen LogP contribution is 2.29. The van der Waals surface area contributed by atoms with Gasteiger partial charge in [0, 0.05) is 8.04 Å². The van der Waals surface area contributed by atoms with E-state index in [9.17, 15) is 9.90 Å². The van der Waals surface area contributed by atoms with Crippen molar-refractivity contribution in [2.24, 2.45) is 0 Å². The van der Waals surface area contributed by atoms with E-state index in [0.29, 0.717) is 5.56 Å². The summed E-state index contributed by atoms with van der Waals surface area (Å²) in [6, 6.07) is 3.21. The number of phenolic OH excluding ortho intramolecular Hbond substituents is 1. The maximum Gasteiger partial charge on any atom is 0.164 e. The van der Waals surface area contributed by atoms with E-state index in [0.717, 1.165) is 8.04 Å². The van der Waals surface area contributed by atoms with Crippen LogP contribution in [0, 0.1) is 3.57 Å². The smallest absolute Gasteiger partial charge is 0.164 e. The summed E-state index contributed by atoms with van der Waals surface area (Å²) in [5.74, 6) is -0.0895. The molecule has 12 heavy (non-hydrogen) atoms. The average Bonchev–Trinajstić information content (AvgIpc) is 1.97. The molecular formula is C8H6BrIO2. The van der Waals surface area contributed by atoms with Crippen molar-refractivity contribution in [3.8, 4) is 5.75 Å². The molecule has 0 aliphatic heterocycles. The molecule has 0 aromatic heterocycles. The van der Waals surface area contributed by atoms with E-state index in [-0.39, 0.29) is 11.5 Å². The number of phenols is 1. The maximum atomic E-state index is 11.1. The molecular weight excluding hydrogens is 335 g/mol. The molecule has 0 aliphatic carbocycles. The van der Waals surface area contributed by atoms with Crippen molar-refractivity contribution in [1.29, 1.82) is 0 Å². The van der Waals surface area contributed by atoms with Gasteiger partial charge in [-0.05, 0) is 57.6 Å². The van der Waals surface area contributed by atoms with E-state index in [1.807, 2.05) is 22.6 Å². The fraction of sp³-hybridized carbons (Fsp3) is 0.125. The van der Waals surface area contributed by atoms with E-state index in [1.165, 1.54) is 13.0 Å². The van der Waals surface area contributed by atoms with Gasteiger partial charge in [-0.2, -0.15) is 0 Å². The monoisotopic (exact) mass is 340 g/mol. The van der Waals surface area contributed by atoms with Gasteiger partial charge in [-0.25, -0.2) is 0 Å². The normalized spacial score (nSPS) is 9.92. The number of carbonyl (C=O) groups excluding carboxylic acids is 1. The van der Waals surface area contributed by atoms with Gasteiger partial charge in [-0.15, -0.1) is 0 Å². The Morgan fingerprint density at radius 3 is 2.58 bits per heavy atom. The molecule has 0 unspecified atom stereocenters. The molecule has 0 radical (unpaired) electrons. The van der Waals surface area contributed by atoms with Gasteiger partial charge < -0.3 is 5.11 Å². The van der Waals surface area contributed by atoms with Crippen molar-refractivity contribution >= 4 is 44.3 Å². The molecule has 0 spiro atoms. The van der Waals surface area contributed by atoms with Crippen LogP contribution in [0.1, 0.15) is 17.3 Å². The molecule has 0 saturated heterocycles. The second kappa shape index (κ2) is 3.74. The highest BCUT2D eigenvalue weighted by Gasteiger charge is 2.12. The molecule has 2 nitrogen and oxygen atoms in total. The number of aromatic hydroxyl groups is 1. The molecule has 0 aliphatic rings. The number of hydrogen-bond donors (Lipinski definition) is 1. The van der Waals surface area contributed by atoms with Crippen LogP contribution in [0.5, 0.6) is 5.75 Å². The highest BCUT2D eigenvalue weighted by molar-refractivity contribution is 14.1. The van der Waals surface area contributed by atoms with E-state index in [2.05, 4.69) is 15.9 Å². The van der Waals surface area contributed by atoms with Crippen LogP contribution < -0.4 is 0 Å². The van der Waals surface area contributed by atoms with Gasteiger partial charge in [0.1, 0.15) is 5.75 Å². The topological polar surface area (TPSA) is 37.3 Å². The predicted octanol–water partition coefficient (Wildman–Crippen LogP) is 2.96. The minimum atomic E-state index is -0.127. The molecule has 0 amide bonds. The van der Waals surface area contributed by atoms with Crippen molar-refractivity contribution in [3.05, 3.63) is 25.7 Å². The molecule has 1 rings (SSSR count). The Kier molecular flexibility index (Phi) is 3.11. The lowest BCUT2D eigenvalue weighted by molar-refractivity contribution is 0.101. The van der Waals surface area contributed by atoms with Gasteiger partial charge in [0.15, 0.2) is 5.78 Å².